The molecule has 1 saturated heterocycles. The SMILES string of the molecule is CC(OCC1(c2ccc(F)cc2)CCN(C(=O)O)CC1)c1cc(C#N)cc2cn(COCC[Si](C)(C)C)nc12. The number of fused-ring (bicyclic) bond motifs is 1. The lowest BCUT2D eigenvalue weighted by molar-refractivity contribution is 0.00552. The quantitative estimate of drug-likeness (QED) is 0.239. The smallest absolute Gasteiger partial charge is 0.407 e. The van der Waals surface area contributed by atoms with Crippen LogP contribution in [0.2, 0.25) is 25.7 Å². The van der Waals surface area contributed by atoms with Crippen molar-refractivity contribution in [2.45, 2.75) is 63.7 Å². The lowest BCUT2D eigenvalue weighted by Crippen LogP contribution is -2.47. The van der Waals surface area contributed by atoms with Crippen LogP contribution in [0.5, 0.6) is 0 Å². The first-order valence-corrected chi connectivity index (χ1v) is 17.0. The summed E-state index contributed by atoms with van der Waals surface area (Å²) in [4.78, 5) is 12.9. The maximum absolute atomic E-state index is 13.7. The Kier molecular flexibility index (Phi) is 8.74. The van der Waals surface area contributed by atoms with Gasteiger partial charge in [0.25, 0.3) is 0 Å². The zero-order valence-electron chi connectivity index (χ0n) is 23.1. The van der Waals surface area contributed by atoms with Crippen LogP contribution < -0.4 is 0 Å². The average molecular weight is 553 g/mol. The van der Waals surface area contributed by atoms with Gasteiger partial charge >= 0.3 is 6.09 Å². The summed E-state index contributed by atoms with van der Waals surface area (Å²) >= 11 is 0. The molecule has 8 nitrogen and oxygen atoms in total. The van der Waals surface area contributed by atoms with Crippen molar-refractivity contribution >= 4 is 25.1 Å². The van der Waals surface area contributed by atoms with Crippen molar-refractivity contribution in [1.29, 1.82) is 5.26 Å². The molecule has 1 aliphatic rings. The monoisotopic (exact) mass is 552 g/mol. The Morgan fingerprint density at radius 3 is 2.54 bits per heavy atom. The Balaban J connectivity index is 1.54. The number of nitrogens with zero attached hydrogens (tertiary/aromatic N) is 4. The number of carbonyl (C=O) groups is 1. The van der Waals surface area contributed by atoms with Crippen LogP contribution in [-0.4, -0.2) is 60.3 Å². The van der Waals surface area contributed by atoms with Crippen LogP contribution in [0.3, 0.4) is 0 Å². The maximum atomic E-state index is 13.7. The van der Waals surface area contributed by atoms with Gasteiger partial charge in [0.2, 0.25) is 0 Å². The number of hydrogen-bond donors (Lipinski definition) is 1. The van der Waals surface area contributed by atoms with E-state index in [0.717, 1.165) is 28.1 Å². The van der Waals surface area contributed by atoms with Gasteiger partial charge in [-0.1, -0.05) is 31.8 Å². The molecule has 208 valence electrons. The predicted octanol–water partition coefficient (Wildman–Crippen LogP) is 6.15. The number of piperidine rings is 1. The Morgan fingerprint density at radius 2 is 1.92 bits per heavy atom. The van der Waals surface area contributed by atoms with Crippen molar-refractivity contribution in [2.75, 3.05) is 26.3 Å². The molecule has 4 rings (SSSR count). The molecule has 1 aliphatic heterocycles. The average Bonchev–Trinajstić information content (AvgIpc) is 3.32. The van der Waals surface area contributed by atoms with Gasteiger partial charge in [0.15, 0.2) is 0 Å². The molecular weight excluding hydrogens is 515 g/mol. The fraction of sp³-hybridized carbons (Fsp3) is 0.483. The minimum atomic E-state index is -1.19. The van der Waals surface area contributed by atoms with E-state index in [9.17, 15) is 19.6 Å². The lowest BCUT2D eigenvalue weighted by Gasteiger charge is -2.41. The number of ether oxygens (including phenoxy) is 2. The minimum Gasteiger partial charge on any atom is -0.465 e. The van der Waals surface area contributed by atoms with Gasteiger partial charge in [0.1, 0.15) is 12.5 Å². The Hall–Kier alpha value is -3.26. The number of rotatable bonds is 10. The summed E-state index contributed by atoms with van der Waals surface area (Å²) in [5.74, 6) is -0.318. The number of aromatic nitrogens is 2. The van der Waals surface area contributed by atoms with Crippen molar-refractivity contribution in [3.63, 3.8) is 0 Å². The highest BCUT2D eigenvalue weighted by Gasteiger charge is 2.38. The normalized spacial score (nSPS) is 16.3. The van der Waals surface area contributed by atoms with Crippen molar-refractivity contribution in [3.05, 3.63) is 65.1 Å². The Morgan fingerprint density at radius 1 is 1.23 bits per heavy atom. The van der Waals surface area contributed by atoms with E-state index in [-0.39, 0.29) is 11.9 Å². The van der Waals surface area contributed by atoms with Gasteiger partial charge in [-0.2, -0.15) is 10.4 Å². The molecule has 0 spiro atoms. The molecule has 3 aromatic rings. The number of carboxylic acid groups (broad SMARTS) is 1. The fourth-order valence-electron chi connectivity index (χ4n) is 5.01. The van der Waals surface area contributed by atoms with E-state index in [2.05, 4.69) is 25.7 Å². The molecule has 2 aromatic carbocycles. The fourth-order valence-corrected chi connectivity index (χ4v) is 5.77. The Bertz CT molecular complexity index is 1340. The molecule has 1 aromatic heterocycles. The zero-order valence-corrected chi connectivity index (χ0v) is 24.1. The molecule has 0 bridgehead atoms. The van der Waals surface area contributed by atoms with E-state index in [1.54, 1.807) is 16.8 Å². The molecule has 0 aliphatic carbocycles. The van der Waals surface area contributed by atoms with Crippen LogP contribution in [0.25, 0.3) is 10.9 Å². The van der Waals surface area contributed by atoms with E-state index in [0.29, 0.717) is 51.4 Å². The lowest BCUT2D eigenvalue weighted by atomic mass is 9.73. The van der Waals surface area contributed by atoms with Crippen LogP contribution >= 0.6 is 0 Å². The van der Waals surface area contributed by atoms with Gasteiger partial charge in [0.05, 0.1) is 29.9 Å². The van der Waals surface area contributed by atoms with Crippen molar-refractivity contribution in [1.82, 2.24) is 14.7 Å². The molecule has 0 radical (unpaired) electrons. The highest BCUT2D eigenvalue weighted by atomic mass is 28.3. The maximum Gasteiger partial charge on any atom is 0.407 e. The van der Waals surface area contributed by atoms with Gasteiger partial charge in [-0.15, -0.1) is 0 Å². The summed E-state index contributed by atoms with van der Waals surface area (Å²) in [7, 11) is -1.19. The van der Waals surface area contributed by atoms with Crippen molar-refractivity contribution < 1.29 is 23.8 Å². The predicted molar refractivity (Wildman–Crippen MR) is 150 cm³/mol. The standard InChI is InChI=1S/C29H37FN4O4Si/c1-21(38-19-29(24-5-7-25(30)8-6-24)9-11-33(12-10-29)28(35)36)26-16-22(17-31)15-23-18-34(32-27(23)26)20-37-13-14-39(2,3)4/h5-8,15-16,18,21H,9-14,19-20H2,1-4H3,(H,35,36). The van der Waals surface area contributed by atoms with Gasteiger partial charge in [-0.3, -0.25) is 0 Å². The first-order valence-electron chi connectivity index (χ1n) is 13.3. The van der Waals surface area contributed by atoms with Crippen molar-refractivity contribution in [3.8, 4) is 6.07 Å². The zero-order chi connectivity index (χ0) is 28.2. The van der Waals surface area contributed by atoms with Crippen LogP contribution in [-0.2, 0) is 21.6 Å². The number of likely N-dealkylation sites (tertiary alicyclic amines) is 1. The second kappa shape index (κ2) is 11.9. The highest BCUT2D eigenvalue weighted by Crippen LogP contribution is 2.38. The summed E-state index contributed by atoms with van der Waals surface area (Å²) < 4.78 is 27.8. The molecule has 1 amide bonds. The first kappa shape index (κ1) is 28.7. The molecule has 1 N–H and O–H groups in total. The van der Waals surface area contributed by atoms with E-state index in [4.69, 9.17) is 14.6 Å². The summed E-state index contributed by atoms with van der Waals surface area (Å²) in [6.07, 6.45) is 1.70. The summed E-state index contributed by atoms with van der Waals surface area (Å²) in [5.41, 5.74) is 2.56. The molecule has 2 heterocycles. The number of nitriles is 1. The molecule has 1 atom stereocenters. The molecule has 39 heavy (non-hydrogen) atoms. The highest BCUT2D eigenvalue weighted by molar-refractivity contribution is 6.76. The second-order valence-corrected chi connectivity index (χ2v) is 17.3. The Labute approximate surface area is 229 Å². The van der Waals surface area contributed by atoms with Crippen LogP contribution in [0.15, 0.2) is 42.6 Å². The molecule has 10 heteroatoms. The number of amides is 1. The molecular formula is C29H37FN4O4Si. The van der Waals surface area contributed by atoms with Crippen LogP contribution in [0.1, 0.15) is 42.6 Å². The summed E-state index contributed by atoms with van der Waals surface area (Å²) in [5, 5.41) is 24.7. The van der Waals surface area contributed by atoms with Gasteiger partial charge in [-0.25, -0.2) is 13.9 Å². The van der Waals surface area contributed by atoms with E-state index in [1.807, 2.05) is 25.3 Å². The molecule has 1 unspecified atom stereocenters. The number of halogens is 1. The van der Waals surface area contributed by atoms with Crippen LogP contribution in [0.4, 0.5) is 9.18 Å². The third-order valence-electron chi connectivity index (χ3n) is 7.53. The van der Waals surface area contributed by atoms with Gasteiger partial charge in [0, 0.05) is 50.3 Å². The summed E-state index contributed by atoms with van der Waals surface area (Å²) in [6, 6.07) is 13.3. The number of benzene rings is 2. The first-order chi connectivity index (χ1) is 18.5. The summed E-state index contributed by atoms with van der Waals surface area (Å²) in [6.45, 7) is 11.0. The topological polar surface area (TPSA) is 101 Å². The second-order valence-electron chi connectivity index (χ2n) is 11.6. The van der Waals surface area contributed by atoms with E-state index in [1.165, 1.54) is 17.0 Å². The van der Waals surface area contributed by atoms with E-state index < -0.39 is 19.6 Å². The third kappa shape index (κ3) is 7.04. The molecule has 1 fully saturated rings. The largest absolute Gasteiger partial charge is 0.465 e. The third-order valence-corrected chi connectivity index (χ3v) is 9.23. The van der Waals surface area contributed by atoms with Crippen LogP contribution in [0, 0.1) is 17.1 Å². The molecule has 0 saturated carbocycles. The van der Waals surface area contributed by atoms with Gasteiger partial charge in [-0.05, 0) is 55.6 Å². The number of hydrogen-bond acceptors (Lipinski definition) is 5. The van der Waals surface area contributed by atoms with Crippen molar-refractivity contribution in [2.24, 2.45) is 0 Å². The van der Waals surface area contributed by atoms with Gasteiger partial charge < -0.3 is 19.5 Å². The van der Waals surface area contributed by atoms with E-state index >= 15 is 0 Å². The minimum absolute atomic E-state index is 0.318.